The molecule has 2 heterocycles. The molecule has 0 saturated heterocycles. The van der Waals surface area contributed by atoms with E-state index in [1.54, 1.807) is 24.3 Å². The lowest BCUT2D eigenvalue weighted by Gasteiger charge is -2.16. The van der Waals surface area contributed by atoms with E-state index in [1.807, 2.05) is 30.3 Å². The molecule has 2 aromatic carbocycles. The van der Waals surface area contributed by atoms with Crippen LogP contribution in [0.1, 0.15) is 17.4 Å². The molecule has 2 unspecified atom stereocenters. The van der Waals surface area contributed by atoms with Crippen molar-refractivity contribution in [2.75, 3.05) is 0 Å². The highest BCUT2D eigenvalue weighted by Gasteiger charge is 2.43. The Balaban J connectivity index is 2.01. The Bertz CT molecular complexity index is 966. The van der Waals surface area contributed by atoms with Gasteiger partial charge in [-0.3, -0.25) is 19.5 Å². The maximum atomic E-state index is 12.9. The van der Waals surface area contributed by atoms with Gasteiger partial charge in [-0.1, -0.05) is 42.5 Å². The minimum Gasteiger partial charge on any atom is -0.281 e. The third kappa shape index (κ3) is 2.03. The van der Waals surface area contributed by atoms with Gasteiger partial charge in [-0.25, -0.2) is 4.98 Å². The molecule has 0 N–H and O–H groups in total. The maximum Gasteiger partial charge on any atom is 0.262 e. The van der Waals surface area contributed by atoms with Crippen molar-refractivity contribution < 1.29 is 4.92 Å². The van der Waals surface area contributed by atoms with Crippen LogP contribution < -0.4 is 5.56 Å². The summed E-state index contributed by atoms with van der Waals surface area (Å²) in [4.78, 5) is 28.6. The van der Waals surface area contributed by atoms with Crippen LogP contribution in [0.2, 0.25) is 0 Å². The standard InChI is InChI=1S/C17H13N3O3/c21-17-12-8-4-5-9-13(12)18-15-10-14(20(22)23)16(19(15)17)11-6-2-1-3-7-11/h1-9,14,16H,10H2. The van der Waals surface area contributed by atoms with Gasteiger partial charge < -0.3 is 0 Å². The van der Waals surface area contributed by atoms with Crippen LogP contribution in [-0.4, -0.2) is 20.5 Å². The molecule has 0 fully saturated rings. The Hall–Kier alpha value is -3.02. The number of fused-ring (bicyclic) bond motifs is 2. The smallest absolute Gasteiger partial charge is 0.262 e. The van der Waals surface area contributed by atoms with Crippen molar-refractivity contribution in [3.05, 3.63) is 86.5 Å². The fraction of sp³-hybridized carbons (Fsp3) is 0.176. The van der Waals surface area contributed by atoms with E-state index in [-0.39, 0.29) is 16.9 Å². The zero-order valence-electron chi connectivity index (χ0n) is 12.1. The van der Waals surface area contributed by atoms with Gasteiger partial charge in [-0.05, 0) is 17.7 Å². The number of hydrogen-bond donors (Lipinski definition) is 0. The quantitative estimate of drug-likeness (QED) is 0.537. The summed E-state index contributed by atoms with van der Waals surface area (Å²) in [5, 5.41) is 12.0. The topological polar surface area (TPSA) is 78.0 Å². The largest absolute Gasteiger partial charge is 0.281 e. The van der Waals surface area contributed by atoms with E-state index >= 15 is 0 Å². The summed E-state index contributed by atoms with van der Waals surface area (Å²) < 4.78 is 1.49. The number of rotatable bonds is 2. The normalized spacial score (nSPS) is 19.7. The summed E-state index contributed by atoms with van der Waals surface area (Å²) in [7, 11) is 0. The van der Waals surface area contributed by atoms with Crippen LogP contribution in [0.15, 0.2) is 59.4 Å². The third-order valence-corrected chi connectivity index (χ3v) is 4.33. The molecule has 3 aromatic rings. The molecule has 4 rings (SSSR count). The van der Waals surface area contributed by atoms with Gasteiger partial charge in [0.25, 0.3) is 5.56 Å². The first kappa shape index (κ1) is 13.6. The van der Waals surface area contributed by atoms with Crippen molar-refractivity contribution in [3.63, 3.8) is 0 Å². The zero-order valence-corrected chi connectivity index (χ0v) is 12.1. The lowest BCUT2D eigenvalue weighted by molar-refractivity contribution is -0.524. The summed E-state index contributed by atoms with van der Waals surface area (Å²) in [5.74, 6) is 0.476. The predicted octanol–water partition coefficient (Wildman–Crippen LogP) is 2.19. The van der Waals surface area contributed by atoms with Crippen molar-refractivity contribution in [2.24, 2.45) is 0 Å². The molecular weight excluding hydrogens is 294 g/mol. The number of para-hydroxylation sites is 1. The summed E-state index contributed by atoms with van der Waals surface area (Å²) >= 11 is 0. The van der Waals surface area contributed by atoms with E-state index in [0.29, 0.717) is 16.7 Å². The molecule has 6 nitrogen and oxygen atoms in total. The highest BCUT2D eigenvalue weighted by molar-refractivity contribution is 5.77. The minimum absolute atomic E-state index is 0.159. The Labute approximate surface area is 131 Å². The fourth-order valence-corrected chi connectivity index (χ4v) is 3.30. The summed E-state index contributed by atoms with van der Waals surface area (Å²) in [6, 6.07) is 14.7. The van der Waals surface area contributed by atoms with Gasteiger partial charge >= 0.3 is 0 Å². The van der Waals surface area contributed by atoms with Crippen molar-refractivity contribution in [3.8, 4) is 0 Å². The van der Waals surface area contributed by atoms with Gasteiger partial charge in [0.1, 0.15) is 11.9 Å². The van der Waals surface area contributed by atoms with Gasteiger partial charge in [0.15, 0.2) is 0 Å². The summed E-state index contributed by atoms with van der Waals surface area (Å²) in [6.45, 7) is 0. The number of nitro groups is 1. The maximum absolute atomic E-state index is 12.9. The molecule has 0 spiro atoms. The van der Waals surface area contributed by atoms with Crippen molar-refractivity contribution >= 4 is 10.9 Å². The van der Waals surface area contributed by atoms with Gasteiger partial charge in [0.05, 0.1) is 17.3 Å². The fourth-order valence-electron chi connectivity index (χ4n) is 3.30. The number of aromatic nitrogens is 2. The first-order valence-corrected chi connectivity index (χ1v) is 7.35. The first-order valence-electron chi connectivity index (χ1n) is 7.35. The molecule has 1 aromatic heterocycles. The van der Waals surface area contributed by atoms with E-state index in [0.717, 1.165) is 5.56 Å². The molecule has 0 radical (unpaired) electrons. The number of nitrogens with zero attached hydrogens (tertiary/aromatic N) is 3. The molecule has 6 heteroatoms. The molecule has 0 bridgehead atoms. The van der Waals surface area contributed by atoms with Gasteiger partial charge in [-0.2, -0.15) is 0 Å². The second-order valence-corrected chi connectivity index (χ2v) is 5.63. The Morgan fingerprint density at radius 3 is 2.52 bits per heavy atom. The lowest BCUT2D eigenvalue weighted by atomic mass is 10.0. The average Bonchev–Trinajstić information content (AvgIpc) is 2.96. The van der Waals surface area contributed by atoms with Crippen LogP contribution in [0.5, 0.6) is 0 Å². The number of benzene rings is 2. The Morgan fingerprint density at radius 2 is 1.78 bits per heavy atom. The SMILES string of the molecule is O=c1c2ccccc2nc2n1C(c1ccccc1)C([N+](=O)[O-])C2. The van der Waals surface area contributed by atoms with E-state index < -0.39 is 12.1 Å². The highest BCUT2D eigenvalue weighted by atomic mass is 16.6. The molecular formula is C17H13N3O3. The van der Waals surface area contributed by atoms with Gasteiger partial charge in [-0.15, -0.1) is 0 Å². The van der Waals surface area contributed by atoms with Gasteiger partial charge in [0.2, 0.25) is 6.04 Å². The van der Waals surface area contributed by atoms with Crippen LogP contribution in [0.25, 0.3) is 10.9 Å². The second kappa shape index (κ2) is 5.01. The summed E-state index contributed by atoms with van der Waals surface area (Å²) in [5.41, 5.74) is 1.12. The van der Waals surface area contributed by atoms with E-state index in [4.69, 9.17) is 0 Å². The monoisotopic (exact) mass is 307 g/mol. The van der Waals surface area contributed by atoms with Crippen molar-refractivity contribution in [1.82, 2.24) is 9.55 Å². The molecule has 114 valence electrons. The predicted molar refractivity (Wildman–Crippen MR) is 85.1 cm³/mol. The van der Waals surface area contributed by atoms with E-state index in [9.17, 15) is 14.9 Å². The highest BCUT2D eigenvalue weighted by Crippen LogP contribution is 2.32. The lowest BCUT2D eigenvalue weighted by Crippen LogP contribution is -2.32. The van der Waals surface area contributed by atoms with Crippen LogP contribution in [0.4, 0.5) is 0 Å². The van der Waals surface area contributed by atoms with E-state index in [1.165, 1.54) is 4.57 Å². The van der Waals surface area contributed by atoms with Crippen LogP contribution in [0, 0.1) is 10.1 Å². The Morgan fingerprint density at radius 1 is 1.09 bits per heavy atom. The van der Waals surface area contributed by atoms with Crippen LogP contribution >= 0.6 is 0 Å². The molecule has 1 aliphatic rings. The van der Waals surface area contributed by atoms with Gasteiger partial charge in [0, 0.05) is 4.92 Å². The molecule has 1 aliphatic heterocycles. The Kier molecular flexibility index (Phi) is 2.97. The zero-order chi connectivity index (χ0) is 16.0. The third-order valence-electron chi connectivity index (χ3n) is 4.33. The van der Waals surface area contributed by atoms with Crippen molar-refractivity contribution in [1.29, 1.82) is 0 Å². The average molecular weight is 307 g/mol. The molecule has 0 aliphatic carbocycles. The van der Waals surface area contributed by atoms with E-state index in [2.05, 4.69) is 4.98 Å². The van der Waals surface area contributed by atoms with Crippen LogP contribution in [-0.2, 0) is 6.42 Å². The number of hydrogen-bond acceptors (Lipinski definition) is 4. The first-order chi connectivity index (χ1) is 11.2. The minimum atomic E-state index is -0.880. The van der Waals surface area contributed by atoms with Crippen molar-refractivity contribution in [2.45, 2.75) is 18.5 Å². The molecule has 23 heavy (non-hydrogen) atoms. The second-order valence-electron chi connectivity index (χ2n) is 5.63. The molecule has 0 saturated carbocycles. The summed E-state index contributed by atoms with van der Waals surface area (Å²) in [6.07, 6.45) is 0.159. The molecule has 0 amide bonds. The molecule has 2 atom stereocenters. The van der Waals surface area contributed by atoms with Crippen LogP contribution in [0.3, 0.4) is 0 Å².